The van der Waals surface area contributed by atoms with Gasteiger partial charge in [-0.2, -0.15) is 0 Å². The molecule has 0 bridgehead atoms. The van der Waals surface area contributed by atoms with Gasteiger partial charge in [-0.25, -0.2) is 8.42 Å². The fraction of sp³-hybridized carbons (Fsp3) is 0.625. The van der Waals surface area contributed by atoms with Crippen LogP contribution in [0.15, 0.2) is 29.2 Å². The minimum absolute atomic E-state index is 0.225. The second-order valence-corrected chi connectivity index (χ2v) is 8.40. The summed E-state index contributed by atoms with van der Waals surface area (Å²) in [6.07, 6.45) is 7.64. The Kier molecular flexibility index (Phi) is 3.97. The van der Waals surface area contributed by atoms with Gasteiger partial charge in [0.05, 0.1) is 10.4 Å². The number of anilines is 1. The van der Waals surface area contributed by atoms with E-state index in [4.69, 9.17) is 0 Å². The van der Waals surface area contributed by atoms with E-state index in [1.165, 1.54) is 38.4 Å². The van der Waals surface area contributed by atoms with Gasteiger partial charge in [0.1, 0.15) is 0 Å². The van der Waals surface area contributed by atoms with E-state index in [0.29, 0.717) is 4.90 Å². The predicted octanol–water partition coefficient (Wildman–Crippen LogP) is 2.20. The molecule has 0 radical (unpaired) electrons. The van der Waals surface area contributed by atoms with Crippen molar-refractivity contribution >= 4 is 15.5 Å². The molecule has 3 rings (SSSR count). The van der Waals surface area contributed by atoms with E-state index >= 15 is 0 Å². The second-order valence-electron chi connectivity index (χ2n) is 6.38. The molecule has 1 spiro atoms. The first-order valence-corrected chi connectivity index (χ1v) is 9.69. The highest BCUT2D eigenvalue weighted by Crippen LogP contribution is 2.37. The highest BCUT2D eigenvalue weighted by molar-refractivity contribution is 7.90. The average Bonchev–Trinajstić information content (AvgIpc) is 2.48. The normalized spacial score (nSPS) is 22.4. The number of hydrogen-bond donors (Lipinski definition) is 1. The quantitative estimate of drug-likeness (QED) is 0.910. The lowest BCUT2D eigenvalue weighted by molar-refractivity contribution is 0.241. The van der Waals surface area contributed by atoms with Crippen molar-refractivity contribution in [2.75, 3.05) is 30.8 Å². The Morgan fingerprint density at radius 1 is 1.10 bits per heavy atom. The largest absolute Gasteiger partial charge is 0.363 e. The van der Waals surface area contributed by atoms with Crippen molar-refractivity contribution in [3.8, 4) is 0 Å². The summed E-state index contributed by atoms with van der Waals surface area (Å²) in [5.41, 5.74) is 1.38. The molecule has 1 saturated heterocycles. The van der Waals surface area contributed by atoms with Gasteiger partial charge in [-0.1, -0.05) is 19.3 Å². The van der Waals surface area contributed by atoms with Crippen molar-refractivity contribution in [3.63, 3.8) is 0 Å². The molecule has 5 heteroatoms. The SMILES string of the molecule is CS(=O)(=O)c1ccc(N2CCNCC23CCCCC3)cc1. The molecule has 0 atom stereocenters. The number of piperazine rings is 1. The summed E-state index contributed by atoms with van der Waals surface area (Å²) in [6.45, 7) is 3.04. The predicted molar refractivity (Wildman–Crippen MR) is 85.6 cm³/mol. The lowest BCUT2D eigenvalue weighted by Crippen LogP contribution is -2.62. The van der Waals surface area contributed by atoms with E-state index in [9.17, 15) is 8.42 Å². The lowest BCUT2D eigenvalue weighted by atomic mass is 9.78. The molecule has 2 aliphatic rings. The molecule has 0 aromatic heterocycles. The summed E-state index contributed by atoms with van der Waals surface area (Å²) in [7, 11) is -3.11. The van der Waals surface area contributed by atoms with Gasteiger partial charge in [0, 0.05) is 31.6 Å². The molecular formula is C16H24N2O2S. The number of nitrogens with zero attached hydrogens (tertiary/aromatic N) is 1. The van der Waals surface area contributed by atoms with Crippen molar-refractivity contribution in [1.29, 1.82) is 0 Å². The van der Waals surface area contributed by atoms with Gasteiger partial charge in [0.15, 0.2) is 9.84 Å². The first-order chi connectivity index (χ1) is 10.0. The van der Waals surface area contributed by atoms with Gasteiger partial charge < -0.3 is 10.2 Å². The summed E-state index contributed by atoms with van der Waals surface area (Å²) < 4.78 is 23.2. The standard InChI is InChI=1S/C16H24N2O2S/c1-21(19,20)15-7-5-14(6-8-15)18-12-11-17-13-16(18)9-3-2-4-10-16/h5-8,17H,2-4,9-13H2,1H3. The van der Waals surface area contributed by atoms with Crippen LogP contribution in [-0.2, 0) is 9.84 Å². The molecule has 1 aromatic carbocycles. The van der Waals surface area contributed by atoms with Gasteiger partial charge in [-0.3, -0.25) is 0 Å². The molecule has 4 nitrogen and oxygen atoms in total. The van der Waals surface area contributed by atoms with Crippen molar-refractivity contribution in [3.05, 3.63) is 24.3 Å². The Balaban J connectivity index is 1.90. The maximum atomic E-state index is 11.6. The van der Waals surface area contributed by atoms with Crippen LogP contribution in [0.25, 0.3) is 0 Å². The van der Waals surface area contributed by atoms with E-state index in [1.807, 2.05) is 12.1 Å². The Morgan fingerprint density at radius 2 is 1.76 bits per heavy atom. The fourth-order valence-electron chi connectivity index (χ4n) is 3.78. The molecule has 0 unspecified atom stereocenters. The van der Waals surface area contributed by atoms with Crippen LogP contribution in [0.2, 0.25) is 0 Å². The second kappa shape index (κ2) is 5.61. The molecule has 0 amide bonds. The minimum Gasteiger partial charge on any atom is -0.363 e. The van der Waals surface area contributed by atoms with Gasteiger partial charge in [0.2, 0.25) is 0 Å². The van der Waals surface area contributed by atoms with Crippen LogP contribution in [0.5, 0.6) is 0 Å². The van der Waals surface area contributed by atoms with Crippen molar-refractivity contribution in [1.82, 2.24) is 5.32 Å². The van der Waals surface area contributed by atoms with Gasteiger partial charge in [0.25, 0.3) is 0 Å². The third kappa shape index (κ3) is 2.94. The number of benzene rings is 1. The summed E-state index contributed by atoms with van der Waals surface area (Å²) >= 11 is 0. The molecule has 2 fully saturated rings. The molecule has 21 heavy (non-hydrogen) atoms. The minimum atomic E-state index is -3.11. The van der Waals surface area contributed by atoms with Crippen LogP contribution in [-0.4, -0.2) is 39.8 Å². The number of sulfone groups is 1. The molecule has 116 valence electrons. The van der Waals surface area contributed by atoms with Gasteiger partial charge in [-0.05, 0) is 37.1 Å². The Labute approximate surface area is 127 Å². The van der Waals surface area contributed by atoms with E-state index in [0.717, 1.165) is 25.3 Å². The Hall–Kier alpha value is -1.07. The molecule has 1 heterocycles. The third-order valence-electron chi connectivity index (χ3n) is 4.90. The molecule has 1 aliphatic carbocycles. The van der Waals surface area contributed by atoms with Gasteiger partial charge in [-0.15, -0.1) is 0 Å². The maximum absolute atomic E-state index is 11.6. The van der Waals surface area contributed by atoms with Crippen molar-refractivity contribution < 1.29 is 8.42 Å². The van der Waals surface area contributed by atoms with E-state index in [2.05, 4.69) is 10.2 Å². The molecule has 1 aliphatic heterocycles. The van der Waals surface area contributed by atoms with E-state index in [1.54, 1.807) is 12.1 Å². The molecular weight excluding hydrogens is 284 g/mol. The van der Waals surface area contributed by atoms with E-state index < -0.39 is 9.84 Å². The monoisotopic (exact) mass is 308 g/mol. The Morgan fingerprint density at radius 3 is 2.38 bits per heavy atom. The molecule has 1 aromatic rings. The molecule has 1 N–H and O–H groups in total. The third-order valence-corrected chi connectivity index (χ3v) is 6.03. The Bertz CT molecular complexity index is 581. The first-order valence-electron chi connectivity index (χ1n) is 7.80. The summed E-state index contributed by atoms with van der Waals surface area (Å²) in [5, 5.41) is 3.54. The topological polar surface area (TPSA) is 49.4 Å². The lowest BCUT2D eigenvalue weighted by Gasteiger charge is -2.51. The van der Waals surface area contributed by atoms with Crippen LogP contribution >= 0.6 is 0 Å². The number of nitrogens with one attached hydrogen (secondary N) is 1. The summed E-state index contributed by atoms with van der Waals surface area (Å²) in [6, 6.07) is 7.42. The number of hydrogen-bond acceptors (Lipinski definition) is 4. The molecule has 1 saturated carbocycles. The summed E-state index contributed by atoms with van der Waals surface area (Å²) in [4.78, 5) is 2.91. The van der Waals surface area contributed by atoms with Crippen LogP contribution in [0.4, 0.5) is 5.69 Å². The fourth-order valence-corrected chi connectivity index (χ4v) is 4.41. The number of rotatable bonds is 2. The first kappa shape index (κ1) is 14.9. The zero-order valence-electron chi connectivity index (χ0n) is 12.6. The maximum Gasteiger partial charge on any atom is 0.175 e. The van der Waals surface area contributed by atoms with Crippen molar-refractivity contribution in [2.24, 2.45) is 0 Å². The zero-order valence-corrected chi connectivity index (χ0v) is 13.5. The van der Waals surface area contributed by atoms with Crippen LogP contribution in [0.3, 0.4) is 0 Å². The van der Waals surface area contributed by atoms with E-state index in [-0.39, 0.29) is 5.54 Å². The highest BCUT2D eigenvalue weighted by Gasteiger charge is 2.39. The summed E-state index contributed by atoms with van der Waals surface area (Å²) in [5.74, 6) is 0. The zero-order chi connectivity index (χ0) is 14.9. The van der Waals surface area contributed by atoms with Crippen LogP contribution in [0, 0.1) is 0 Å². The smallest absolute Gasteiger partial charge is 0.175 e. The van der Waals surface area contributed by atoms with Crippen LogP contribution < -0.4 is 10.2 Å². The van der Waals surface area contributed by atoms with Crippen LogP contribution in [0.1, 0.15) is 32.1 Å². The average molecular weight is 308 g/mol. The highest BCUT2D eigenvalue weighted by atomic mass is 32.2. The van der Waals surface area contributed by atoms with Gasteiger partial charge >= 0.3 is 0 Å². The van der Waals surface area contributed by atoms with Crippen molar-refractivity contribution in [2.45, 2.75) is 42.5 Å².